The van der Waals surface area contributed by atoms with Crippen LogP contribution in [-0.2, 0) is 7.05 Å². The van der Waals surface area contributed by atoms with Gasteiger partial charge >= 0.3 is 0 Å². The number of aryl methyl sites for hydroxylation is 1. The molecule has 2 aliphatic carbocycles. The summed E-state index contributed by atoms with van der Waals surface area (Å²) in [4.78, 5) is 0. The second kappa shape index (κ2) is 2.25. The van der Waals surface area contributed by atoms with Crippen LogP contribution in [0.25, 0.3) is 0 Å². The van der Waals surface area contributed by atoms with Crippen LogP contribution in [0.4, 0.5) is 5.82 Å². The second-order valence-corrected chi connectivity index (χ2v) is 4.43. The highest BCUT2D eigenvalue weighted by atomic mass is 15.0. The van der Waals surface area contributed by atoms with Gasteiger partial charge in [-0.15, -0.1) is 0 Å². The summed E-state index contributed by atoms with van der Waals surface area (Å²) in [6.07, 6.45) is 6.37. The van der Waals surface area contributed by atoms with E-state index in [1.54, 1.807) is 5.56 Å². The first kappa shape index (κ1) is 7.36. The number of hydrogen-bond acceptors (Lipinski definition) is 1. The topological polar surface area (TPSA) is 29.9 Å². The maximum atomic E-state index is 5.89. The molecule has 68 valence electrons. The third kappa shape index (κ3) is 0.859. The van der Waals surface area contributed by atoms with Crippen molar-refractivity contribution in [2.24, 2.45) is 7.05 Å². The van der Waals surface area contributed by atoms with E-state index in [-0.39, 0.29) is 0 Å². The van der Waals surface area contributed by atoms with Gasteiger partial charge in [0.05, 0.1) is 13.2 Å². The molecule has 0 aromatic carbocycles. The number of nitrogens with zero attached hydrogens (tertiary/aromatic N) is 1. The van der Waals surface area contributed by atoms with Crippen LogP contribution in [0.2, 0.25) is 0 Å². The van der Waals surface area contributed by atoms with Gasteiger partial charge in [-0.2, -0.15) is 0 Å². The van der Waals surface area contributed by atoms with Crippen molar-refractivity contribution in [2.45, 2.75) is 31.1 Å². The van der Waals surface area contributed by atoms with E-state index in [1.807, 2.05) is 11.6 Å². The average Bonchev–Trinajstić information content (AvgIpc) is 2.67. The predicted octanol–water partition coefficient (Wildman–Crippen LogP) is 1.46. The second-order valence-electron chi connectivity index (χ2n) is 4.43. The van der Waals surface area contributed by atoms with E-state index in [1.165, 1.54) is 24.8 Å². The zero-order valence-electron chi connectivity index (χ0n) is 7.96. The Hall–Kier alpha value is -1.05. The van der Waals surface area contributed by atoms with Crippen molar-refractivity contribution < 1.29 is 4.57 Å². The average molecular weight is 175 g/mol. The van der Waals surface area contributed by atoms with Crippen molar-refractivity contribution in [2.75, 3.05) is 5.73 Å². The van der Waals surface area contributed by atoms with Gasteiger partial charge in [0.2, 0.25) is 0 Å². The summed E-state index contributed by atoms with van der Waals surface area (Å²) in [6, 6.07) is 2.18. The van der Waals surface area contributed by atoms with Crippen molar-refractivity contribution in [3.63, 3.8) is 0 Å². The number of fused-ring (bicyclic) bond motifs is 5. The maximum Gasteiger partial charge on any atom is 0.272 e. The summed E-state index contributed by atoms with van der Waals surface area (Å²) in [5, 5.41) is 0. The quantitative estimate of drug-likeness (QED) is 0.594. The molecule has 2 nitrogen and oxygen atoms in total. The summed E-state index contributed by atoms with van der Waals surface area (Å²) in [6.45, 7) is 0. The zero-order chi connectivity index (χ0) is 9.00. The Bertz CT molecular complexity index is 336. The molecule has 1 fully saturated rings. The summed E-state index contributed by atoms with van der Waals surface area (Å²) in [7, 11) is 2.03. The van der Waals surface area contributed by atoms with E-state index >= 15 is 0 Å². The number of aromatic nitrogens is 1. The number of anilines is 1. The molecule has 0 aliphatic heterocycles. The molecular formula is C11H15N2+. The Morgan fingerprint density at radius 1 is 1.31 bits per heavy atom. The van der Waals surface area contributed by atoms with Gasteiger partial charge in [0.15, 0.2) is 0 Å². The molecule has 3 rings (SSSR count). The monoisotopic (exact) mass is 175 g/mol. The first-order valence-corrected chi connectivity index (χ1v) is 5.04. The van der Waals surface area contributed by atoms with Gasteiger partial charge in [0, 0.05) is 6.07 Å². The van der Waals surface area contributed by atoms with Crippen molar-refractivity contribution in [3.05, 3.63) is 23.4 Å². The molecule has 13 heavy (non-hydrogen) atoms. The first-order chi connectivity index (χ1) is 6.25. The number of nitrogens with two attached hydrogens (primary N) is 1. The van der Waals surface area contributed by atoms with Crippen molar-refractivity contribution >= 4 is 5.82 Å². The van der Waals surface area contributed by atoms with Crippen LogP contribution in [0.1, 0.15) is 42.2 Å². The predicted molar refractivity (Wildman–Crippen MR) is 51.4 cm³/mol. The highest BCUT2D eigenvalue weighted by Crippen LogP contribution is 2.52. The zero-order valence-corrected chi connectivity index (χ0v) is 7.96. The molecule has 2 bridgehead atoms. The Kier molecular flexibility index (Phi) is 1.27. The fraction of sp³-hybridized carbons (Fsp3) is 0.545. The van der Waals surface area contributed by atoms with Crippen LogP contribution in [0.3, 0.4) is 0 Å². The molecule has 0 saturated heterocycles. The fourth-order valence-corrected chi connectivity index (χ4v) is 2.94. The number of rotatable bonds is 0. The van der Waals surface area contributed by atoms with Crippen LogP contribution in [0, 0.1) is 0 Å². The third-order valence-electron chi connectivity index (χ3n) is 3.69. The first-order valence-electron chi connectivity index (χ1n) is 5.04. The highest BCUT2D eigenvalue weighted by molar-refractivity contribution is 5.43. The molecule has 1 heterocycles. The molecule has 1 aromatic rings. The summed E-state index contributed by atoms with van der Waals surface area (Å²) in [5.74, 6) is 2.56. The van der Waals surface area contributed by atoms with Gasteiger partial charge in [-0.05, 0) is 42.2 Å². The van der Waals surface area contributed by atoms with Crippen LogP contribution in [0.15, 0.2) is 12.3 Å². The molecule has 2 N–H and O–H groups in total. The van der Waals surface area contributed by atoms with Crippen LogP contribution in [0.5, 0.6) is 0 Å². The SMILES string of the molecule is C[n+]1cc2c(cc1N)C1CCC2C1. The van der Waals surface area contributed by atoms with E-state index < -0.39 is 0 Å². The molecule has 0 radical (unpaired) electrons. The Balaban J connectivity index is 2.22. The van der Waals surface area contributed by atoms with Crippen LogP contribution >= 0.6 is 0 Å². The minimum Gasteiger partial charge on any atom is -0.287 e. The van der Waals surface area contributed by atoms with Gasteiger partial charge < -0.3 is 0 Å². The van der Waals surface area contributed by atoms with E-state index in [0.29, 0.717) is 0 Å². The summed E-state index contributed by atoms with van der Waals surface area (Å²) >= 11 is 0. The van der Waals surface area contributed by atoms with E-state index in [4.69, 9.17) is 5.73 Å². The van der Waals surface area contributed by atoms with Gasteiger partial charge in [0.25, 0.3) is 5.82 Å². The number of nitrogen functional groups attached to an aromatic ring is 1. The Morgan fingerprint density at radius 2 is 2.00 bits per heavy atom. The highest BCUT2D eigenvalue weighted by Gasteiger charge is 2.38. The van der Waals surface area contributed by atoms with E-state index in [0.717, 1.165) is 17.7 Å². The molecule has 1 saturated carbocycles. The van der Waals surface area contributed by atoms with Gasteiger partial charge in [-0.25, -0.2) is 4.57 Å². The third-order valence-corrected chi connectivity index (χ3v) is 3.69. The smallest absolute Gasteiger partial charge is 0.272 e. The van der Waals surface area contributed by atoms with Gasteiger partial charge in [-0.1, -0.05) is 0 Å². The molecule has 2 aliphatic rings. The largest absolute Gasteiger partial charge is 0.287 e. The summed E-state index contributed by atoms with van der Waals surface area (Å²) in [5.41, 5.74) is 8.98. The number of pyridine rings is 1. The van der Waals surface area contributed by atoms with Crippen molar-refractivity contribution in [1.82, 2.24) is 0 Å². The minimum atomic E-state index is 0.823. The number of hydrogen-bond donors (Lipinski definition) is 1. The molecular weight excluding hydrogens is 160 g/mol. The fourth-order valence-electron chi connectivity index (χ4n) is 2.94. The lowest BCUT2D eigenvalue weighted by Gasteiger charge is -2.14. The van der Waals surface area contributed by atoms with Crippen LogP contribution < -0.4 is 10.3 Å². The lowest BCUT2D eigenvalue weighted by molar-refractivity contribution is -0.657. The Morgan fingerprint density at radius 3 is 2.77 bits per heavy atom. The van der Waals surface area contributed by atoms with E-state index in [2.05, 4.69) is 12.3 Å². The van der Waals surface area contributed by atoms with Crippen LogP contribution in [-0.4, -0.2) is 0 Å². The van der Waals surface area contributed by atoms with Crippen molar-refractivity contribution in [3.8, 4) is 0 Å². The van der Waals surface area contributed by atoms with Gasteiger partial charge in [-0.3, -0.25) is 5.73 Å². The molecule has 1 aromatic heterocycles. The van der Waals surface area contributed by atoms with Gasteiger partial charge in [0.1, 0.15) is 0 Å². The normalized spacial score (nSPS) is 29.3. The van der Waals surface area contributed by atoms with E-state index in [9.17, 15) is 0 Å². The lowest BCUT2D eigenvalue weighted by Crippen LogP contribution is -2.33. The standard InChI is InChI=1S/C11H14N2/c1-13-6-10-8-3-2-7(4-8)9(10)5-11(13)12/h5-8,12H,2-4H2,1H3/p+1. The lowest BCUT2D eigenvalue weighted by atomic mass is 9.93. The summed E-state index contributed by atoms with van der Waals surface area (Å²) < 4.78 is 2.04. The van der Waals surface area contributed by atoms with Crippen molar-refractivity contribution in [1.29, 1.82) is 0 Å². The molecule has 2 atom stereocenters. The minimum absolute atomic E-state index is 0.823. The maximum absolute atomic E-state index is 5.89. The molecule has 2 heteroatoms. The molecule has 0 amide bonds. The molecule has 0 spiro atoms. The molecule has 2 unspecified atom stereocenters. The Labute approximate surface area is 78.4 Å².